The number of pyridine rings is 1. The second-order valence-corrected chi connectivity index (χ2v) is 7.24. The Morgan fingerprint density at radius 3 is 2.76 bits per heavy atom. The molecule has 0 amide bonds. The molecule has 0 spiro atoms. The highest BCUT2D eigenvalue weighted by atomic mass is 32.1. The van der Waals surface area contributed by atoms with Gasteiger partial charge in [-0.1, -0.05) is 30.3 Å². The third-order valence-electron chi connectivity index (χ3n) is 4.34. The van der Waals surface area contributed by atoms with Crippen LogP contribution in [0.1, 0.15) is 22.6 Å². The van der Waals surface area contributed by atoms with Crippen LogP contribution in [-0.2, 0) is 6.42 Å². The SMILES string of the molecule is Cc1cc(C)c2c(n1)sc1c2ncn2nc(Cc3ccccc3)nc12. The summed E-state index contributed by atoms with van der Waals surface area (Å²) in [5, 5.41) is 5.72. The van der Waals surface area contributed by atoms with Crippen LogP contribution in [-0.4, -0.2) is 24.6 Å². The van der Waals surface area contributed by atoms with E-state index in [0.29, 0.717) is 6.42 Å². The van der Waals surface area contributed by atoms with Gasteiger partial charge in [0.25, 0.3) is 0 Å². The van der Waals surface area contributed by atoms with Crippen LogP contribution in [0.5, 0.6) is 0 Å². The molecular formula is C19H15N5S. The van der Waals surface area contributed by atoms with Gasteiger partial charge in [-0.2, -0.15) is 0 Å². The van der Waals surface area contributed by atoms with Crippen molar-refractivity contribution in [3.63, 3.8) is 0 Å². The number of aromatic nitrogens is 5. The fraction of sp³-hybridized carbons (Fsp3) is 0.158. The Hall–Kier alpha value is -2.86. The van der Waals surface area contributed by atoms with Gasteiger partial charge in [-0.25, -0.2) is 19.5 Å². The minimum atomic E-state index is 0.714. The van der Waals surface area contributed by atoms with E-state index in [1.165, 1.54) is 11.1 Å². The van der Waals surface area contributed by atoms with Crippen LogP contribution in [0.25, 0.3) is 26.1 Å². The van der Waals surface area contributed by atoms with Crippen LogP contribution < -0.4 is 0 Å². The molecule has 25 heavy (non-hydrogen) atoms. The van der Waals surface area contributed by atoms with Crippen LogP contribution in [0.4, 0.5) is 0 Å². The lowest BCUT2D eigenvalue weighted by Gasteiger charge is -1.98. The molecule has 0 N–H and O–H groups in total. The lowest BCUT2D eigenvalue weighted by Crippen LogP contribution is -1.92. The van der Waals surface area contributed by atoms with Crippen molar-refractivity contribution in [1.29, 1.82) is 0 Å². The number of rotatable bonds is 2. The summed E-state index contributed by atoms with van der Waals surface area (Å²) in [4.78, 5) is 15.1. The summed E-state index contributed by atoms with van der Waals surface area (Å²) in [5.74, 6) is 0.804. The van der Waals surface area contributed by atoms with E-state index in [1.807, 2.05) is 25.1 Å². The lowest BCUT2D eigenvalue weighted by molar-refractivity contribution is 0.884. The normalized spacial score (nSPS) is 11.8. The van der Waals surface area contributed by atoms with E-state index < -0.39 is 0 Å². The molecule has 122 valence electrons. The minimum absolute atomic E-state index is 0.714. The first-order valence-corrected chi connectivity index (χ1v) is 8.95. The van der Waals surface area contributed by atoms with Crippen LogP contribution in [0.2, 0.25) is 0 Å². The average molecular weight is 345 g/mol. The van der Waals surface area contributed by atoms with Gasteiger partial charge in [0.1, 0.15) is 15.9 Å². The van der Waals surface area contributed by atoms with Gasteiger partial charge in [0, 0.05) is 17.5 Å². The number of nitrogens with zero attached hydrogens (tertiary/aromatic N) is 5. The molecular weight excluding hydrogens is 330 g/mol. The first-order valence-electron chi connectivity index (χ1n) is 8.14. The Morgan fingerprint density at radius 1 is 1.08 bits per heavy atom. The molecule has 5 aromatic rings. The largest absolute Gasteiger partial charge is 0.242 e. The zero-order valence-corrected chi connectivity index (χ0v) is 14.7. The van der Waals surface area contributed by atoms with Gasteiger partial charge in [-0.05, 0) is 31.0 Å². The van der Waals surface area contributed by atoms with Crippen molar-refractivity contribution < 1.29 is 0 Å². The zero-order chi connectivity index (χ0) is 17.0. The highest BCUT2D eigenvalue weighted by Crippen LogP contribution is 2.35. The molecule has 0 saturated heterocycles. The molecule has 0 unspecified atom stereocenters. The summed E-state index contributed by atoms with van der Waals surface area (Å²) >= 11 is 1.64. The van der Waals surface area contributed by atoms with Crippen LogP contribution >= 0.6 is 11.3 Å². The molecule has 0 radical (unpaired) electrons. The number of benzene rings is 1. The van der Waals surface area contributed by atoms with Gasteiger partial charge in [-0.3, -0.25) is 0 Å². The van der Waals surface area contributed by atoms with Crippen molar-refractivity contribution in [3.8, 4) is 0 Å². The summed E-state index contributed by atoms with van der Waals surface area (Å²) < 4.78 is 2.82. The smallest absolute Gasteiger partial charge is 0.176 e. The van der Waals surface area contributed by atoms with Gasteiger partial charge in [-0.15, -0.1) is 16.4 Å². The van der Waals surface area contributed by atoms with Crippen LogP contribution in [0.3, 0.4) is 0 Å². The molecule has 0 fully saturated rings. The van der Waals surface area contributed by atoms with E-state index in [1.54, 1.807) is 22.2 Å². The number of hydrogen-bond acceptors (Lipinski definition) is 5. The fourth-order valence-electron chi connectivity index (χ4n) is 3.27. The number of fused-ring (bicyclic) bond motifs is 5. The molecule has 4 aromatic heterocycles. The predicted molar refractivity (Wildman–Crippen MR) is 100 cm³/mol. The summed E-state index contributed by atoms with van der Waals surface area (Å²) in [6.45, 7) is 4.13. The molecule has 4 heterocycles. The molecule has 0 aliphatic heterocycles. The third-order valence-corrected chi connectivity index (χ3v) is 5.41. The summed E-state index contributed by atoms with van der Waals surface area (Å²) in [5.41, 5.74) is 5.26. The first kappa shape index (κ1) is 14.5. The van der Waals surface area contributed by atoms with Crippen molar-refractivity contribution in [3.05, 3.63) is 65.4 Å². The van der Waals surface area contributed by atoms with E-state index >= 15 is 0 Å². The number of hydrogen-bond donors (Lipinski definition) is 0. The van der Waals surface area contributed by atoms with Crippen molar-refractivity contribution >= 4 is 37.4 Å². The molecule has 0 aliphatic rings. The van der Waals surface area contributed by atoms with Gasteiger partial charge >= 0.3 is 0 Å². The molecule has 5 nitrogen and oxygen atoms in total. The standard InChI is InChI=1S/C19H15N5S/c1-11-8-12(2)21-19-15(11)16-17(25-19)18-22-14(23-24(18)10-20-16)9-13-6-4-3-5-7-13/h3-8,10H,9H2,1-2H3. The maximum absolute atomic E-state index is 4.78. The van der Waals surface area contributed by atoms with Crippen LogP contribution in [0, 0.1) is 13.8 Å². The van der Waals surface area contributed by atoms with Crippen molar-refractivity contribution in [2.75, 3.05) is 0 Å². The van der Waals surface area contributed by atoms with E-state index in [2.05, 4.69) is 40.2 Å². The second kappa shape index (κ2) is 5.32. The van der Waals surface area contributed by atoms with E-state index in [9.17, 15) is 0 Å². The highest BCUT2D eigenvalue weighted by Gasteiger charge is 2.16. The van der Waals surface area contributed by atoms with Gasteiger partial charge in [0.2, 0.25) is 0 Å². The van der Waals surface area contributed by atoms with Crippen molar-refractivity contribution in [1.82, 2.24) is 24.6 Å². The number of thiophene rings is 1. The molecule has 0 aliphatic carbocycles. The Kier molecular flexibility index (Phi) is 3.08. The highest BCUT2D eigenvalue weighted by molar-refractivity contribution is 7.26. The molecule has 1 aromatic carbocycles. The molecule has 6 heteroatoms. The van der Waals surface area contributed by atoms with Crippen molar-refractivity contribution in [2.45, 2.75) is 20.3 Å². The maximum Gasteiger partial charge on any atom is 0.176 e. The summed E-state index contributed by atoms with van der Waals surface area (Å²) in [6.07, 6.45) is 2.47. The lowest BCUT2D eigenvalue weighted by atomic mass is 10.1. The Balaban J connectivity index is 1.73. The topological polar surface area (TPSA) is 56.0 Å². The summed E-state index contributed by atoms with van der Waals surface area (Å²) in [6, 6.07) is 12.4. The third kappa shape index (κ3) is 2.29. The first-order chi connectivity index (χ1) is 12.2. The van der Waals surface area contributed by atoms with Crippen molar-refractivity contribution in [2.24, 2.45) is 0 Å². The molecule has 5 rings (SSSR count). The predicted octanol–water partition coefficient (Wildman–Crippen LogP) is 4.09. The maximum atomic E-state index is 4.78. The average Bonchev–Trinajstić information content (AvgIpc) is 3.15. The zero-order valence-electron chi connectivity index (χ0n) is 13.9. The quantitative estimate of drug-likeness (QED) is 0.483. The number of aryl methyl sites for hydroxylation is 2. The van der Waals surface area contributed by atoms with E-state index in [4.69, 9.17) is 4.98 Å². The summed E-state index contributed by atoms with van der Waals surface area (Å²) in [7, 11) is 0. The molecule has 0 saturated carbocycles. The van der Waals surface area contributed by atoms with Gasteiger partial charge in [0.15, 0.2) is 11.5 Å². The molecule has 0 atom stereocenters. The fourth-order valence-corrected chi connectivity index (χ4v) is 4.49. The van der Waals surface area contributed by atoms with Gasteiger partial charge in [0.05, 0.1) is 5.52 Å². The Bertz CT molecular complexity index is 1240. The molecule has 0 bridgehead atoms. The van der Waals surface area contributed by atoms with Crippen LogP contribution in [0.15, 0.2) is 42.7 Å². The second-order valence-electron chi connectivity index (χ2n) is 6.24. The Labute approximate surface area is 148 Å². The van der Waals surface area contributed by atoms with Gasteiger partial charge < -0.3 is 0 Å². The van der Waals surface area contributed by atoms with E-state index in [0.717, 1.165) is 37.6 Å². The minimum Gasteiger partial charge on any atom is -0.242 e. The monoisotopic (exact) mass is 345 g/mol. The Morgan fingerprint density at radius 2 is 1.92 bits per heavy atom. The van der Waals surface area contributed by atoms with E-state index in [-0.39, 0.29) is 0 Å².